The second-order valence-electron chi connectivity index (χ2n) is 5.22. The van der Waals surface area contributed by atoms with Crippen molar-refractivity contribution >= 4 is 11.5 Å². The highest BCUT2D eigenvalue weighted by Crippen LogP contribution is 2.26. The molecule has 2 atom stereocenters. The largest absolute Gasteiger partial charge is 0.352 e. The summed E-state index contributed by atoms with van der Waals surface area (Å²) < 4.78 is 1.40. The molecule has 0 radical (unpaired) electrons. The highest BCUT2D eigenvalue weighted by atomic mass is 16.1. The van der Waals surface area contributed by atoms with E-state index in [-0.39, 0.29) is 5.69 Å². The SMILES string of the molecule is CC1CCN(c2cc3n[nH]c(=O)n3cn2)C(CN)C1. The third-order valence-corrected chi connectivity index (χ3v) is 3.84. The highest BCUT2D eigenvalue weighted by Gasteiger charge is 2.26. The molecule has 1 aliphatic heterocycles. The predicted octanol–water partition coefficient (Wildman–Crippen LogP) is -0.0188. The molecule has 1 aliphatic rings. The topological polar surface area (TPSA) is 92.3 Å². The number of aromatic nitrogens is 4. The van der Waals surface area contributed by atoms with Gasteiger partial charge >= 0.3 is 5.69 Å². The van der Waals surface area contributed by atoms with Crippen molar-refractivity contribution in [3.05, 3.63) is 22.9 Å². The third kappa shape index (κ3) is 2.10. The monoisotopic (exact) mass is 262 g/mol. The molecular weight excluding hydrogens is 244 g/mol. The van der Waals surface area contributed by atoms with Crippen LogP contribution in [-0.4, -0.2) is 38.7 Å². The molecule has 102 valence electrons. The molecule has 0 aromatic carbocycles. The minimum atomic E-state index is -0.267. The fourth-order valence-corrected chi connectivity index (χ4v) is 2.73. The molecule has 19 heavy (non-hydrogen) atoms. The summed E-state index contributed by atoms with van der Waals surface area (Å²) in [6.45, 7) is 3.81. The zero-order chi connectivity index (χ0) is 13.4. The van der Waals surface area contributed by atoms with Crippen molar-refractivity contribution in [2.24, 2.45) is 11.7 Å². The minimum Gasteiger partial charge on any atom is -0.352 e. The Labute approximate surface area is 110 Å². The van der Waals surface area contributed by atoms with Gasteiger partial charge in [-0.25, -0.2) is 19.3 Å². The van der Waals surface area contributed by atoms with Crippen molar-refractivity contribution in [3.63, 3.8) is 0 Å². The zero-order valence-corrected chi connectivity index (χ0v) is 10.9. The molecule has 0 saturated carbocycles. The van der Waals surface area contributed by atoms with Crippen LogP contribution in [-0.2, 0) is 0 Å². The van der Waals surface area contributed by atoms with Crippen LogP contribution in [0.1, 0.15) is 19.8 Å². The normalized spacial score (nSPS) is 24.0. The van der Waals surface area contributed by atoms with Crippen molar-refractivity contribution < 1.29 is 0 Å². The number of anilines is 1. The number of aromatic amines is 1. The van der Waals surface area contributed by atoms with E-state index in [1.807, 2.05) is 6.07 Å². The van der Waals surface area contributed by atoms with E-state index in [1.165, 1.54) is 10.7 Å². The van der Waals surface area contributed by atoms with Gasteiger partial charge in [0, 0.05) is 25.2 Å². The van der Waals surface area contributed by atoms with E-state index in [1.54, 1.807) is 0 Å². The second-order valence-corrected chi connectivity index (χ2v) is 5.22. The Kier molecular flexibility index (Phi) is 2.98. The first kappa shape index (κ1) is 12.2. The van der Waals surface area contributed by atoms with E-state index in [0.29, 0.717) is 24.2 Å². The number of nitrogens with two attached hydrogens (primary N) is 1. The molecule has 0 bridgehead atoms. The van der Waals surface area contributed by atoms with Gasteiger partial charge in [0.25, 0.3) is 0 Å². The van der Waals surface area contributed by atoms with Gasteiger partial charge in [-0.1, -0.05) is 6.92 Å². The Morgan fingerprint density at radius 3 is 3.21 bits per heavy atom. The van der Waals surface area contributed by atoms with E-state index in [2.05, 4.69) is 27.0 Å². The van der Waals surface area contributed by atoms with Gasteiger partial charge in [0.2, 0.25) is 0 Å². The van der Waals surface area contributed by atoms with Gasteiger partial charge in [-0.2, -0.15) is 5.10 Å². The molecule has 7 nitrogen and oxygen atoms in total. The van der Waals surface area contributed by atoms with Gasteiger partial charge in [-0.3, -0.25) is 0 Å². The number of hydrogen-bond acceptors (Lipinski definition) is 5. The first-order valence-electron chi connectivity index (χ1n) is 6.58. The van der Waals surface area contributed by atoms with Gasteiger partial charge in [-0.05, 0) is 18.8 Å². The number of hydrogen-bond donors (Lipinski definition) is 2. The lowest BCUT2D eigenvalue weighted by molar-refractivity contribution is 0.365. The van der Waals surface area contributed by atoms with Gasteiger partial charge < -0.3 is 10.6 Å². The van der Waals surface area contributed by atoms with Gasteiger partial charge in [-0.15, -0.1) is 0 Å². The van der Waals surface area contributed by atoms with Gasteiger partial charge in [0.1, 0.15) is 12.1 Å². The lowest BCUT2D eigenvalue weighted by Gasteiger charge is -2.38. The molecule has 2 unspecified atom stereocenters. The van der Waals surface area contributed by atoms with Crippen LogP contribution in [0.3, 0.4) is 0 Å². The second kappa shape index (κ2) is 4.65. The molecule has 2 aromatic rings. The van der Waals surface area contributed by atoms with Crippen LogP contribution in [0.15, 0.2) is 17.2 Å². The van der Waals surface area contributed by atoms with Crippen LogP contribution in [0.5, 0.6) is 0 Å². The quantitative estimate of drug-likeness (QED) is 0.793. The molecule has 0 aliphatic carbocycles. The number of nitrogens with zero attached hydrogens (tertiary/aromatic N) is 4. The zero-order valence-electron chi connectivity index (χ0n) is 10.9. The summed E-state index contributed by atoms with van der Waals surface area (Å²) in [6, 6.07) is 2.14. The van der Waals surface area contributed by atoms with Gasteiger partial charge in [0.15, 0.2) is 5.65 Å². The smallest absolute Gasteiger partial charge is 0.348 e. The van der Waals surface area contributed by atoms with Crippen LogP contribution >= 0.6 is 0 Å². The Balaban J connectivity index is 1.96. The Morgan fingerprint density at radius 2 is 2.42 bits per heavy atom. The van der Waals surface area contributed by atoms with Crippen LogP contribution in [0.25, 0.3) is 5.65 Å². The fraction of sp³-hybridized carbons (Fsp3) is 0.583. The Bertz CT molecular complexity index is 632. The number of piperidine rings is 1. The summed E-state index contributed by atoms with van der Waals surface area (Å²) in [5.74, 6) is 1.54. The third-order valence-electron chi connectivity index (χ3n) is 3.84. The van der Waals surface area contributed by atoms with Crippen molar-refractivity contribution in [1.29, 1.82) is 0 Å². The van der Waals surface area contributed by atoms with Crippen LogP contribution < -0.4 is 16.3 Å². The molecular formula is C12H18N6O. The van der Waals surface area contributed by atoms with E-state index in [4.69, 9.17) is 5.73 Å². The van der Waals surface area contributed by atoms with E-state index in [0.717, 1.165) is 25.2 Å². The molecule has 0 spiro atoms. The lowest BCUT2D eigenvalue weighted by Crippen LogP contribution is -2.46. The standard InChI is InChI=1S/C12H18N6O/c1-8-2-3-17(9(4-8)6-13)10-5-11-15-16-12(19)18(11)7-14-10/h5,7-9H,2-4,6,13H2,1H3,(H,16,19). The summed E-state index contributed by atoms with van der Waals surface area (Å²) in [6.07, 6.45) is 3.73. The minimum absolute atomic E-state index is 0.267. The van der Waals surface area contributed by atoms with E-state index in [9.17, 15) is 4.79 Å². The molecule has 3 rings (SSSR count). The molecule has 0 amide bonds. The maximum Gasteiger partial charge on any atom is 0.348 e. The maximum absolute atomic E-state index is 11.4. The number of rotatable bonds is 2. The van der Waals surface area contributed by atoms with Gasteiger partial charge in [0.05, 0.1) is 0 Å². The predicted molar refractivity (Wildman–Crippen MR) is 72.2 cm³/mol. The molecule has 3 heterocycles. The van der Waals surface area contributed by atoms with Crippen LogP contribution in [0.2, 0.25) is 0 Å². The summed E-state index contributed by atoms with van der Waals surface area (Å²) in [4.78, 5) is 18.0. The first-order valence-corrected chi connectivity index (χ1v) is 6.58. The first-order chi connectivity index (χ1) is 9.19. The summed E-state index contributed by atoms with van der Waals surface area (Å²) >= 11 is 0. The molecule has 1 saturated heterocycles. The number of nitrogens with one attached hydrogen (secondary N) is 1. The van der Waals surface area contributed by atoms with Crippen molar-refractivity contribution in [1.82, 2.24) is 19.6 Å². The van der Waals surface area contributed by atoms with Crippen LogP contribution in [0, 0.1) is 5.92 Å². The molecule has 7 heteroatoms. The number of fused-ring (bicyclic) bond motifs is 1. The summed E-state index contributed by atoms with van der Waals surface area (Å²) in [5.41, 5.74) is 6.18. The Hall–Kier alpha value is -1.89. The molecule has 1 fully saturated rings. The average Bonchev–Trinajstić information content (AvgIpc) is 2.79. The summed E-state index contributed by atoms with van der Waals surface area (Å²) in [5, 5.41) is 6.38. The average molecular weight is 262 g/mol. The van der Waals surface area contributed by atoms with E-state index >= 15 is 0 Å². The summed E-state index contributed by atoms with van der Waals surface area (Å²) in [7, 11) is 0. The Morgan fingerprint density at radius 1 is 1.58 bits per heavy atom. The number of H-pyrrole nitrogens is 1. The maximum atomic E-state index is 11.4. The lowest BCUT2D eigenvalue weighted by atomic mass is 9.92. The van der Waals surface area contributed by atoms with Crippen molar-refractivity contribution in [2.45, 2.75) is 25.8 Å². The molecule has 2 aromatic heterocycles. The fourth-order valence-electron chi connectivity index (χ4n) is 2.73. The van der Waals surface area contributed by atoms with E-state index < -0.39 is 0 Å². The highest BCUT2D eigenvalue weighted by molar-refractivity contribution is 5.51. The molecule has 3 N–H and O–H groups in total. The van der Waals surface area contributed by atoms with Crippen LogP contribution in [0.4, 0.5) is 5.82 Å². The van der Waals surface area contributed by atoms with Crippen molar-refractivity contribution in [2.75, 3.05) is 18.0 Å². The van der Waals surface area contributed by atoms with Crippen molar-refractivity contribution in [3.8, 4) is 0 Å².